The van der Waals surface area contributed by atoms with Gasteiger partial charge in [0.1, 0.15) is 5.69 Å². The van der Waals surface area contributed by atoms with Crippen LogP contribution in [0.15, 0.2) is 24.3 Å². The number of para-hydroxylation sites is 1. The van der Waals surface area contributed by atoms with Crippen LogP contribution in [0.2, 0.25) is 0 Å². The zero-order valence-corrected chi connectivity index (χ0v) is 18.7. The zero-order valence-electron chi connectivity index (χ0n) is 17.9. The number of amides is 3. The molecular weight excluding hydrogens is 458 g/mol. The Balaban J connectivity index is 1.83. The van der Waals surface area contributed by atoms with E-state index >= 15 is 0 Å². The lowest BCUT2D eigenvalue weighted by atomic mass is 10.1. The minimum absolute atomic E-state index is 0.0150. The third-order valence-electron chi connectivity index (χ3n) is 3.94. The molecule has 1 heterocycles. The first kappa shape index (κ1) is 25.6. The van der Waals surface area contributed by atoms with E-state index < -0.39 is 23.2 Å². The number of benzene rings is 1. The Morgan fingerprint density at radius 2 is 1.94 bits per heavy atom. The summed E-state index contributed by atoms with van der Waals surface area (Å²) < 4.78 is 15.0. The van der Waals surface area contributed by atoms with E-state index in [0.717, 1.165) is 11.3 Å². The van der Waals surface area contributed by atoms with Crippen LogP contribution < -0.4 is 16.4 Å². The molecule has 0 fully saturated rings. The summed E-state index contributed by atoms with van der Waals surface area (Å²) in [4.78, 5) is 49.8. The summed E-state index contributed by atoms with van der Waals surface area (Å²) >= 11 is 0.745. The number of rotatable bonds is 12. The summed E-state index contributed by atoms with van der Waals surface area (Å²) in [6.45, 7) is 3.37. The van der Waals surface area contributed by atoms with Crippen LogP contribution in [0.4, 0.5) is 20.6 Å². The molecule has 1 atom stereocenters. The minimum Gasteiger partial charge on any atom is -0.420 e. The number of aryl methyl sites for hydroxylation is 1. The predicted molar refractivity (Wildman–Crippen MR) is 118 cm³/mol. The van der Waals surface area contributed by atoms with Gasteiger partial charge in [0.25, 0.3) is 5.91 Å². The van der Waals surface area contributed by atoms with Crippen molar-refractivity contribution < 1.29 is 33.5 Å². The molecule has 14 heteroatoms. The van der Waals surface area contributed by atoms with Crippen LogP contribution in [-0.2, 0) is 19.0 Å². The summed E-state index contributed by atoms with van der Waals surface area (Å²) in [6, 6.07) is 6.32. The van der Waals surface area contributed by atoms with Crippen molar-refractivity contribution >= 4 is 45.1 Å². The molecule has 0 aliphatic heterocycles. The molecule has 0 aliphatic carbocycles. The number of carbonyl (C=O) groups is 3. The van der Waals surface area contributed by atoms with Crippen molar-refractivity contribution in [2.75, 3.05) is 30.5 Å². The van der Waals surface area contributed by atoms with Gasteiger partial charge in [-0.15, -0.1) is 0 Å². The average Bonchev–Trinajstić information content (AvgIpc) is 3.10. The van der Waals surface area contributed by atoms with Crippen LogP contribution in [0, 0.1) is 17.0 Å². The molecule has 0 saturated carbocycles. The van der Waals surface area contributed by atoms with E-state index in [1.54, 1.807) is 18.2 Å². The van der Waals surface area contributed by atoms with Crippen molar-refractivity contribution in [1.82, 2.24) is 4.98 Å². The van der Waals surface area contributed by atoms with Crippen molar-refractivity contribution in [3.8, 4) is 0 Å². The summed E-state index contributed by atoms with van der Waals surface area (Å²) in [5.41, 5.74) is 5.49. The molecule has 0 radical (unpaired) electrons. The largest absolute Gasteiger partial charge is 0.420 e. The monoisotopic (exact) mass is 481 g/mol. The maximum atomic E-state index is 12.6. The molecule has 178 valence electrons. The van der Waals surface area contributed by atoms with Gasteiger partial charge in [-0.25, -0.2) is 9.78 Å². The highest BCUT2D eigenvalue weighted by molar-refractivity contribution is 7.19. The Bertz CT molecular complexity index is 1010. The van der Waals surface area contributed by atoms with Crippen LogP contribution in [-0.4, -0.2) is 53.9 Å². The Morgan fingerprint density at radius 3 is 2.61 bits per heavy atom. The van der Waals surface area contributed by atoms with E-state index in [4.69, 9.17) is 15.2 Å². The predicted octanol–water partition coefficient (Wildman–Crippen LogP) is 2.42. The maximum absolute atomic E-state index is 12.6. The summed E-state index contributed by atoms with van der Waals surface area (Å²) in [7, 11) is 0. The number of nitro groups is 1. The first-order valence-corrected chi connectivity index (χ1v) is 10.5. The van der Waals surface area contributed by atoms with Crippen molar-refractivity contribution in [2.45, 2.75) is 26.6 Å². The van der Waals surface area contributed by atoms with E-state index in [0.29, 0.717) is 0 Å². The van der Waals surface area contributed by atoms with E-state index in [1.165, 1.54) is 19.9 Å². The lowest BCUT2D eigenvalue weighted by Crippen LogP contribution is -2.24. The van der Waals surface area contributed by atoms with Crippen molar-refractivity contribution in [1.29, 1.82) is 0 Å². The highest BCUT2D eigenvalue weighted by Crippen LogP contribution is 2.30. The molecule has 33 heavy (non-hydrogen) atoms. The van der Waals surface area contributed by atoms with Crippen LogP contribution in [0.25, 0.3) is 0 Å². The molecule has 4 N–H and O–H groups in total. The average molecular weight is 481 g/mol. The number of hydrogen-bond acceptors (Lipinski definition) is 10. The fraction of sp³-hybridized carbons (Fsp3) is 0.368. The molecule has 0 aliphatic rings. The number of nitrogens with one attached hydrogen (secondary N) is 2. The molecule has 1 aromatic heterocycles. The third-order valence-corrected chi connectivity index (χ3v) is 4.96. The summed E-state index contributed by atoms with van der Waals surface area (Å²) in [5.74, 6) is -0.961. The number of nitrogens with zero attached hydrogens (tertiary/aromatic N) is 2. The first-order chi connectivity index (χ1) is 15.7. The van der Waals surface area contributed by atoms with Gasteiger partial charge in [-0.2, -0.15) is 0 Å². The highest BCUT2D eigenvalue weighted by atomic mass is 32.1. The van der Waals surface area contributed by atoms with Gasteiger partial charge in [0.2, 0.25) is 12.2 Å². The number of nitrogens with two attached hydrogens (primary N) is 1. The number of ether oxygens (including phenoxy) is 3. The number of anilines is 2. The number of primary amides is 1. The SMILES string of the molecule is Cc1nc(NC(=O)c2ccccc2NC(=O)CCOCCOC(C)OC(N)=O)sc1[N+](=O)[O-]. The first-order valence-electron chi connectivity index (χ1n) is 9.65. The van der Waals surface area contributed by atoms with Crippen molar-refractivity contribution in [3.63, 3.8) is 0 Å². The lowest BCUT2D eigenvalue weighted by Gasteiger charge is -2.13. The molecule has 1 unspecified atom stereocenters. The van der Waals surface area contributed by atoms with Gasteiger partial charge in [0.15, 0.2) is 5.13 Å². The fourth-order valence-corrected chi connectivity index (χ4v) is 3.29. The quantitative estimate of drug-likeness (QED) is 0.177. The second-order valence-electron chi connectivity index (χ2n) is 6.45. The number of hydrogen-bond donors (Lipinski definition) is 3. The van der Waals surface area contributed by atoms with Gasteiger partial charge in [-0.3, -0.25) is 25.0 Å². The minimum atomic E-state index is -0.947. The Morgan fingerprint density at radius 1 is 1.21 bits per heavy atom. The van der Waals surface area contributed by atoms with Crippen molar-refractivity contribution in [2.24, 2.45) is 5.73 Å². The second kappa shape index (κ2) is 12.4. The standard InChI is InChI=1S/C19H23N5O8S/c1-11-17(24(28)29)33-19(21-11)23-16(26)13-5-3-4-6-14(13)22-15(25)7-8-30-9-10-31-12(2)32-18(20)27/h3-6,12H,7-10H2,1-2H3,(H2,20,27)(H,22,25)(H,21,23,26). The Hall–Kier alpha value is -3.62. The number of aromatic nitrogens is 1. The molecular formula is C19H23N5O8S. The van der Waals surface area contributed by atoms with Crippen LogP contribution in [0.5, 0.6) is 0 Å². The zero-order chi connectivity index (χ0) is 24.4. The summed E-state index contributed by atoms with van der Waals surface area (Å²) in [5, 5.41) is 16.0. The van der Waals surface area contributed by atoms with E-state index in [-0.39, 0.29) is 59.2 Å². The molecule has 1 aromatic carbocycles. The second-order valence-corrected chi connectivity index (χ2v) is 7.43. The highest BCUT2D eigenvalue weighted by Gasteiger charge is 2.20. The van der Waals surface area contributed by atoms with Gasteiger partial charge in [-0.1, -0.05) is 12.1 Å². The van der Waals surface area contributed by atoms with Crippen LogP contribution in [0.3, 0.4) is 0 Å². The molecule has 3 amide bonds. The molecule has 0 spiro atoms. The van der Waals surface area contributed by atoms with Crippen LogP contribution >= 0.6 is 11.3 Å². The van der Waals surface area contributed by atoms with Crippen LogP contribution in [0.1, 0.15) is 29.4 Å². The fourth-order valence-electron chi connectivity index (χ4n) is 2.52. The molecule has 2 aromatic rings. The molecule has 2 rings (SSSR count). The van der Waals surface area contributed by atoms with Gasteiger partial charge in [-0.05, 0) is 37.3 Å². The van der Waals surface area contributed by atoms with Gasteiger partial charge in [0, 0.05) is 0 Å². The maximum Gasteiger partial charge on any atom is 0.406 e. The van der Waals surface area contributed by atoms with Gasteiger partial charge < -0.3 is 25.3 Å². The van der Waals surface area contributed by atoms with Gasteiger partial charge in [0.05, 0.1) is 42.4 Å². The Kier molecular flexibility index (Phi) is 9.65. The van der Waals surface area contributed by atoms with Crippen molar-refractivity contribution in [3.05, 3.63) is 45.6 Å². The lowest BCUT2D eigenvalue weighted by molar-refractivity contribution is -0.380. The molecule has 0 saturated heterocycles. The smallest absolute Gasteiger partial charge is 0.406 e. The van der Waals surface area contributed by atoms with E-state index in [2.05, 4.69) is 20.4 Å². The van der Waals surface area contributed by atoms with Gasteiger partial charge >= 0.3 is 11.1 Å². The third kappa shape index (κ3) is 8.44. The number of carbonyl (C=O) groups excluding carboxylic acids is 3. The topological polar surface area (TPSA) is 185 Å². The molecule has 13 nitrogen and oxygen atoms in total. The van der Waals surface area contributed by atoms with E-state index in [9.17, 15) is 24.5 Å². The normalized spacial score (nSPS) is 11.5. The number of thiazole rings is 1. The van der Waals surface area contributed by atoms with E-state index in [1.807, 2.05) is 0 Å². The Labute approximate surface area is 192 Å². The summed E-state index contributed by atoms with van der Waals surface area (Å²) in [6.07, 6.45) is -1.74. The molecule has 0 bridgehead atoms.